The maximum absolute atomic E-state index is 0. The molecule has 0 aliphatic carbocycles. The van der Waals surface area contributed by atoms with Gasteiger partial charge in [0.15, 0.2) is 0 Å². The van der Waals surface area contributed by atoms with E-state index in [2.05, 4.69) is 0 Å². The number of rotatable bonds is 0. The Balaban J connectivity index is 0. The van der Waals surface area contributed by atoms with Crippen molar-refractivity contribution in [1.82, 2.24) is 0 Å². The maximum Gasteiger partial charge on any atom is 0 e. The molecule has 19 valence electrons. The summed E-state index contributed by atoms with van der Waals surface area (Å²) in [6.07, 6.45) is 0. The van der Waals surface area contributed by atoms with E-state index in [0.29, 0.717) is 0 Å². The summed E-state index contributed by atoms with van der Waals surface area (Å²) in [5.41, 5.74) is 0. The first kappa shape index (κ1) is 35.6. The number of hydrogen-bond acceptors (Lipinski definition) is 0. The Morgan fingerprint density at radius 1 is 1.00 bits per heavy atom. The first-order valence-corrected chi connectivity index (χ1v) is 0. The molecule has 0 aromatic rings. The Morgan fingerprint density at radius 3 is 1.00 bits per heavy atom. The molecule has 3 radical (unpaired) electrons. The van der Waals surface area contributed by atoms with Gasteiger partial charge < -0.3 is 0 Å². The standard InChI is InChI=1S/CH4.Al.Ti.Zr/h1H4;;;. The van der Waals surface area contributed by atoms with Gasteiger partial charge in [0.05, 0.1) is 0 Å². The minimum Gasteiger partial charge on any atom is -0.0776 e. The van der Waals surface area contributed by atoms with Gasteiger partial charge in [0.2, 0.25) is 0 Å². The van der Waals surface area contributed by atoms with Crippen LogP contribution in [-0.4, -0.2) is 17.4 Å². The smallest absolute Gasteiger partial charge is 0 e. The van der Waals surface area contributed by atoms with Gasteiger partial charge in [0.25, 0.3) is 0 Å². The Hall–Kier alpha value is 2.13. The van der Waals surface area contributed by atoms with E-state index < -0.39 is 0 Å². The molecule has 0 nitrogen and oxygen atoms in total. The second kappa shape index (κ2) is 19.3. The third-order valence-electron chi connectivity index (χ3n) is 0. The van der Waals surface area contributed by atoms with Crippen molar-refractivity contribution in [3.05, 3.63) is 0 Å². The third kappa shape index (κ3) is 8.92. The molecule has 4 heavy (non-hydrogen) atoms. The monoisotopic (exact) mass is 181 g/mol. The first-order chi connectivity index (χ1) is 0. The average Bonchev–Trinajstić information content (AvgIpc) is 0. The molecule has 0 fully saturated rings. The van der Waals surface area contributed by atoms with Crippen molar-refractivity contribution in [2.24, 2.45) is 0 Å². The van der Waals surface area contributed by atoms with Crippen molar-refractivity contribution >= 4 is 17.4 Å². The van der Waals surface area contributed by atoms with E-state index in [-0.39, 0.29) is 72.7 Å². The van der Waals surface area contributed by atoms with Crippen LogP contribution in [0.25, 0.3) is 0 Å². The van der Waals surface area contributed by atoms with E-state index >= 15 is 0 Å². The van der Waals surface area contributed by atoms with Crippen molar-refractivity contribution < 1.29 is 47.9 Å². The fourth-order valence-electron chi connectivity index (χ4n) is 0. The van der Waals surface area contributed by atoms with Crippen LogP contribution in [0.15, 0.2) is 0 Å². The van der Waals surface area contributed by atoms with Crippen LogP contribution in [0.1, 0.15) is 7.43 Å². The summed E-state index contributed by atoms with van der Waals surface area (Å²) in [6.45, 7) is 0. The van der Waals surface area contributed by atoms with Crippen LogP contribution in [0.3, 0.4) is 0 Å². The molecule has 0 amide bonds. The topological polar surface area (TPSA) is 0 Å². The summed E-state index contributed by atoms with van der Waals surface area (Å²) >= 11 is 0. The summed E-state index contributed by atoms with van der Waals surface area (Å²) < 4.78 is 0. The molecule has 0 aromatic heterocycles. The van der Waals surface area contributed by atoms with Gasteiger partial charge in [-0.2, -0.15) is 0 Å². The van der Waals surface area contributed by atoms with E-state index in [1.807, 2.05) is 0 Å². The molecule has 0 aromatic carbocycles. The average molecular weight is 182 g/mol. The minimum absolute atomic E-state index is 0. The molecular weight excluding hydrogens is 178 g/mol. The molecule has 0 atom stereocenters. The molecule has 0 aliphatic heterocycles. The van der Waals surface area contributed by atoms with E-state index in [1.165, 1.54) is 0 Å². The molecule has 0 bridgehead atoms. The molecule has 3 heteroatoms. The minimum atomic E-state index is 0. The summed E-state index contributed by atoms with van der Waals surface area (Å²) in [7, 11) is 0. The van der Waals surface area contributed by atoms with Gasteiger partial charge >= 0.3 is 0 Å². The molecular formula is CH4AlTiZr. The second-order valence-corrected chi connectivity index (χ2v) is 0. The first-order valence-electron chi connectivity index (χ1n) is 0. The Morgan fingerprint density at radius 2 is 1.00 bits per heavy atom. The van der Waals surface area contributed by atoms with Crippen LogP contribution in [0.2, 0.25) is 0 Å². The van der Waals surface area contributed by atoms with Gasteiger partial charge in [-0.1, -0.05) is 7.43 Å². The van der Waals surface area contributed by atoms with Crippen molar-refractivity contribution in [3.63, 3.8) is 0 Å². The zero-order valence-corrected chi connectivity index (χ0v) is 6.75. The second-order valence-electron chi connectivity index (χ2n) is 0. The fraction of sp³-hybridized carbons (Fsp3) is 1.00. The fourth-order valence-corrected chi connectivity index (χ4v) is 0. The zero-order chi connectivity index (χ0) is 0. The summed E-state index contributed by atoms with van der Waals surface area (Å²) in [5, 5.41) is 0. The Bertz CT molecular complexity index is 8.00. The van der Waals surface area contributed by atoms with Crippen molar-refractivity contribution in [2.75, 3.05) is 0 Å². The van der Waals surface area contributed by atoms with Gasteiger partial charge in [-0.15, -0.1) is 0 Å². The van der Waals surface area contributed by atoms with Crippen LogP contribution in [0.5, 0.6) is 0 Å². The van der Waals surface area contributed by atoms with Crippen LogP contribution < -0.4 is 0 Å². The molecule has 0 unspecified atom stereocenters. The maximum atomic E-state index is 0. The van der Waals surface area contributed by atoms with E-state index in [0.717, 1.165) is 0 Å². The molecule has 0 spiro atoms. The Kier molecular flexibility index (Phi) is 171. The largest absolute Gasteiger partial charge is 0.0776 e. The predicted molar refractivity (Wildman–Crippen MR) is 12.5 cm³/mol. The summed E-state index contributed by atoms with van der Waals surface area (Å²) in [4.78, 5) is 0. The van der Waals surface area contributed by atoms with Gasteiger partial charge in [0, 0.05) is 65.3 Å². The van der Waals surface area contributed by atoms with Gasteiger partial charge in [-0.25, -0.2) is 0 Å². The van der Waals surface area contributed by atoms with Gasteiger partial charge in [-0.05, 0) is 0 Å². The third-order valence-corrected chi connectivity index (χ3v) is 0. The van der Waals surface area contributed by atoms with Crippen LogP contribution in [0.4, 0.5) is 0 Å². The SMILES string of the molecule is C.[Al].[Ti].[Zr]. The normalized spacial score (nSPS) is 0. The molecule has 0 saturated heterocycles. The van der Waals surface area contributed by atoms with Crippen LogP contribution in [-0.2, 0) is 47.9 Å². The van der Waals surface area contributed by atoms with E-state index in [9.17, 15) is 0 Å². The van der Waals surface area contributed by atoms with E-state index in [1.54, 1.807) is 0 Å². The predicted octanol–water partition coefficient (Wildman–Crippen LogP) is 0.250. The van der Waals surface area contributed by atoms with Crippen molar-refractivity contribution in [2.45, 2.75) is 7.43 Å². The van der Waals surface area contributed by atoms with Crippen LogP contribution >= 0.6 is 0 Å². The summed E-state index contributed by atoms with van der Waals surface area (Å²) in [6, 6.07) is 0. The van der Waals surface area contributed by atoms with Crippen molar-refractivity contribution in [3.8, 4) is 0 Å². The zero-order valence-electron chi connectivity index (χ0n) is 1.58. The molecule has 0 aliphatic rings. The van der Waals surface area contributed by atoms with Crippen LogP contribution in [0, 0.1) is 0 Å². The van der Waals surface area contributed by atoms with Gasteiger partial charge in [-0.3, -0.25) is 0 Å². The summed E-state index contributed by atoms with van der Waals surface area (Å²) in [5.74, 6) is 0. The Labute approximate surface area is 71.9 Å². The van der Waals surface area contributed by atoms with Crippen molar-refractivity contribution in [1.29, 1.82) is 0 Å². The van der Waals surface area contributed by atoms with Gasteiger partial charge in [0.1, 0.15) is 0 Å². The van der Waals surface area contributed by atoms with E-state index in [4.69, 9.17) is 0 Å². The molecule has 0 N–H and O–H groups in total. The molecule has 0 saturated carbocycles. The quantitative estimate of drug-likeness (QED) is 0.471. The molecule has 0 heterocycles. The molecule has 0 rings (SSSR count). The number of hydrogen-bond donors (Lipinski definition) is 0.